The maximum Gasteiger partial charge on any atom is 0.416 e. The quantitative estimate of drug-likeness (QED) is 0.291. The summed E-state index contributed by atoms with van der Waals surface area (Å²) in [5, 5.41) is 0. The van der Waals surface area contributed by atoms with Gasteiger partial charge in [0.2, 0.25) is 0 Å². The van der Waals surface area contributed by atoms with Crippen LogP contribution >= 0.6 is 0 Å². The topological polar surface area (TPSA) is 23.6 Å². The zero-order valence-electron chi connectivity index (χ0n) is 22.0. The van der Waals surface area contributed by atoms with Gasteiger partial charge in [-0.25, -0.2) is 4.39 Å². The Labute approximate surface area is 222 Å². The maximum absolute atomic E-state index is 13.5. The molecule has 1 heterocycles. The molecule has 3 aromatic carbocycles. The fourth-order valence-corrected chi connectivity index (χ4v) is 5.29. The third-order valence-corrected chi connectivity index (χ3v) is 7.10. The van der Waals surface area contributed by atoms with Gasteiger partial charge in [-0.15, -0.1) is 0 Å². The summed E-state index contributed by atoms with van der Waals surface area (Å²) in [7, 11) is 0. The van der Waals surface area contributed by atoms with Crippen LogP contribution in [0.15, 0.2) is 72.8 Å². The Balaban J connectivity index is 1.63. The zero-order valence-corrected chi connectivity index (χ0v) is 22.0. The van der Waals surface area contributed by atoms with Gasteiger partial charge in [0.15, 0.2) is 0 Å². The molecule has 38 heavy (non-hydrogen) atoms. The number of amides is 1. The van der Waals surface area contributed by atoms with Gasteiger partial charge in [-0.2, -0.15) is 13.2 Å². The van der Waals surface area contributed by atoms with E-state index in [1.165, 1.54) is 42.0 Å². The molecule has 2 unspecified atom stereocenters. The lowest BCUT2D eigenvalue weighted by molar-refractivity contribution is -0.137. The smallest absolute Gasteiger partial charge is 0.338 e. The van der Waals surface area contributed by atoms with Crippen LogP contribution in [0.2, 0.25) is 0 Å². The minimum absolute atomic E-state index is 0.0629. The number of hydrogen-bond donors (Lipinski definition) is 0. The number of benzene rings is 3. The summed E-state index contributed by atoms with van der Waals surface area (Å²) in [4.78, 5) is 17.5. The summed E-state index contributed by atoms with van der Waals surface area (Å²) in [6.07, 6.45) is -4.42. The van der Waals surface area contributed by atoms with Crippen molar-refractivity contribution in [2.75, 3.05) is 26.2 Å². The third-order valence-electron chi connectivity index (χ3n) is 7.10. The molecule has 0 spiro atoms. The van der Waals surface area contributed by atoms with Crippen molar-refractivity contribution < 1.29 is 22.4 Å². The van der Waals surface area contributed by atoms with Crippen LogP contribution in [0.5, 0.6) is 0 Å². The van der Waals surface area contributed by atoms with E-state index < -0.39 is 17.6 Å². The highest BCUT2D eigenvalue weighted by molar-refractivity contribution is 5.94. The number of halogens is 4. The molecule has 3 nitrogen and oxygen atoms in total. The number of carbonyl (C=O) groups is 1. The Hall–Kier alpha value is -3.19. The summed E-state index contributed by atoms with van der Waals surface area (Å²) >= 11 is 0. The van der Waals surface area contributed by atoms with E-state index in [-0.39, 0.29) is 23.7 Å². The van der Waals surface area contributed by atoms with Crippen molar-refractivity contribution in [3.8, 4) is 0 Å². The monoisotopic (exact) mass is 526 g/mol. The Bertz CT molecular complexity index is 1220. The minimum atomic E-state index is -4.42. The van der Waals surface area contributed by atoms with Crippen molar-refractivity contribution in [2.45, 2.75) is 39.4 Å². The van der Waals surface area contributed by atoms with Gasteiger partial charge in [-0.3, -0.25) is 9.69 Å². The Morgan fingerprint density at radius 3 is 2.32 bits per heavy atom. The van der Waals surface area contributed by atoms with Gasteiger partial charge in [0.05, 0.1) is 5.56 Å². The second-order valence-electron chi connectivity index (χ2n) is 10.8. The van der Waals surface area contributed by atoms with E-state index >= 15 is 0 Å². The summed E-state index contributed by atoms with van der Waals surface area (Å²) in [5.74, 6) is -0.649. The van der Waals surface area contributed by atoms with Crippen LogP contribution in [-0.2, 0) is 12.7 Å². The number of nitrogens with zero attached hydrogens (tertiary/aromatic N) is 2. The van der Waals surface area contributed by atoms with Crippen molar-refractivity contribution in [1.82, 2.24) is 9.80 Å². The molecule has 0 radical (unpaired) electrons. The van der Waals surface area contributed by atoms with Gasteiger partial charge in [-0.1, -0.05) is 61.9 Å². The van der Waals surface area contributed by atoms with Crippen LogP contribution in [0.3, 0.4) is 0 Å². The first-order valence-corrected chi connectivity index (χ1v) is 13.0. The van der Waals surface area contributed by atoms with E-state index in [0.29, 0.717) is 43.9 Å². The number of rotatable bonds is 8. The van der Waals surface area contributed by atoms with Crippen LogP contribution < -0.4 is 0 Å². The predicted molar refractivity (Wildman–Crippen MR) is 141 cm³/mol. The first kappa shape index (κ1) is 27.8. The van der Waals surface area contributed by atoms with E-state index in [4.69, 9.17) is 0 Å². The van der Waals surface area contributed by atoms with Crippen molar-refractivity contribution in [3.05, 3.63) is 106 Å². The standard InChI is InChI=1S/C31H34F4N2O/c1-21(2)16-37(30(38)24-11-13-28(32)14-12-24)19-26-18-36(17-23-9-7-22(3)8-10-23)20-29(26)25-5-4-6-27(15-25)31(33,34)35/h4-15,21,26,29H,16-20H2,1-3H3. The van der Waals surface area contributed by atoms with Crippen LogP contribution in [-0.4, -0.2) is 41.9 Å². The van der Waals surface area contributed by atoms with E-state index in [9.17, 15) is 22.4 Å². The molecule has 4 rings (SSSR count). The van der Waals surface area contributed by atoms with Gasteiger partial charge < -0.3 is 4.90 Å². The highest BCUT2D eigenvalue weighted by Gasteiger charge is 2.38. The SMILES string of the molecule is Cc1ccc(CN2CC(CN(CC(C)C)C(=O)c3ccc(F)cc3)C(c3cccc(C(F)(F)F)c3)C2)cc1. The second-order valence-corrected chi connectivity index (χ2v) is 10.8. The molecule has 0 N–H and O–H groups in total. The first-order valence-electron chi connectivity index (χ1n) is 13.0. The lowest BCUT2D eigenvalue weighted by Gasteiger charge is -2.30. The molecule has 1 aliphatic heterocycles. The molecule has 2 atom stereocenters. The summed E-state index contributed by atoms with van der Waals surface area (Å²) in [6, 6.07) is 19.3. The number of carbonyl (C=O) groups excluding carboxylic acids is 1. The number of hydrogen-bond acceptors (Lipinski definition) is 2. The van der Waals surface area contributed by atoms with Gasteiger partial charge in [-0.05, 0) is 60.2 Å². The molecule has 0 saturated carbocycles. The summed E-state index contributed by atoms with van der Waals surface area (Å²) in [5.41, 5.74) is 2.68. The highest BCUT2D eigenvalue weighted by atomic mass is 19.4. The van der Waals surface area contributed by atoms with E-state index in [0.717, 1.165) is 11.6 Å². The van der Waals surface area contributed by atoms with Gasteiger partial charge >= 0.3 is 6.18 Å². The van der Waals surface area contributed by atoms with E-state index in [2.05, 4.69) is 29.2 Å². The lowest BCUT2D eigenvalue weighted by atomic mass is 9.87. The highest BCUT2D eigenvalue weighted by Crippen LogP contribution is 2.37. The van der Waals surface area contributed by atoms with Crippen molar-refractivity contribution in [3.63, 3.8) is 0 Å². The fraction of sp³-hybridized carbons (Fsp3) is 0.387. The van der Waals surface area contributed by atoms with Crippen molar-refractivity contribution >= 4 is 5.91 Å². The molecule has 0 aliphatic carbocycles. The van der Waals surface area contributed by atoms with Gasteiger partial charge in [0.25, 0.3) is 5.91 Å². The van der Waals surface area contributed by atoms with Crippen molar-refractivity contribution in [1.29, 1.82) is 0 Å². The van der Waals surface area contributed by atoms with E-state index in [1.54, 1.807) is 11.0 Å². The van der Waals surface area contributed by atoms with Crippen molar-refractivity contribution in [2.24, 2.45) is 11.8 Å². The molecule has 0 bridgehead atoms. The van der Waals surface area contributed by atoms with Crippen LogP contribution in [0.1, 0.15) is 52.4 Å². The molecule has 1 saturated heterocycles. The summed E-state index contributed by atoms with van der Waals surface area (Å²) in [6.45, 7) is 8.91. The largest absolute Gasteiger partial charge is 0.416 e. The normalized spacial score (nSPS) is 18.2. The van der Waals surface area contributed by atoms with Gasteiger partial charge in [0.1, 0.15) is 5.82 Å². The molecule has 202 valence electrons. The van der Waals surface area contributed by atoms with E-state index in [1.807, 2.05) is 20.8 Å². The lowest BCUT2D eigenvalue weighted by Crippen LogP contribution is -2.39. The average molecular weight is 527 g/mol. The van der Waals surface area contributed by atoms with Crippen LogP contribution in [0, 0.1) is 24.6 Å². The predicted octanol–water partition coefficient (Wildman–Crippen LogP) is 7.17. The summed E-state index contributed by atoms with van der Waals surface area (Å²) < 4.78 is 54.1. The Morgan fingerprint density at radius 1 is 1.00 bits per heavy atom. The van der Waals surface area contributed by atoms with Crippen LogP contribution in [0.4, 0.5) is 17.6 Å². The van der Waals surface area contributed by atoms with Crippen LogP contribution in [0.25, 0.3) is 0 Å². The molecule has 1 amide bonds. The molecule has 3 aromatic rings. The third kappa shape index (κ3) is 7.01. The molecular weight excluding hydrogens is 492 g/mol. The maximum atomic E-state index is 13.5. The average Bonchev–Trinajstić information content (AvgIpc) is 3.26. The fourth-order valence-electron chi connectivity index (χ4n) is 5.29. The first-order chi connectivity index (χ1) is 18.0. The Kier molecular flexibility index (Phi) is 8.56. The minimum Gasteiger partial charge on any atom is -0.338 e. The molecular formula is C31H34F4N2O. The molecule has 1 aliphatic rings. The second kappa shape index (κ2) is 11.7. The number of likely N-dealkylation sites (tertiary alicyclic amines) is 1. The number of aryl methyl sites for hydroxylation is 1. The Morgan fingerprint density at radius 2 is 1.68 bits per heavy atom. The molecule has 7 heteroatoms. The zero-order chi connectivity index (χ0) is 27.4. The molecule has 0 aromatic heterocycles. The number of alkyl halides is 3. The molecule has 1 fully saturated rings. The van der Waals surface area contributed by atoms with Gasteiger partial charge in [0, 0.05) is 44.2 Å².